The molecule has 0 aromatic heterocycles. The number of carbonyl (C=O) groups excluding carboxylic acids is 2. The van der Waals surface area contributed by atoms with Crippen LogP contribution in [0.15, 0.2) is 72.8 Å². The van der Waals surface area contributed by atoms with Crippen LogP contribution in [0.25, 0.3) is 16.3 Å². The lowest BCUT2D eigenvalue weighted by Gasteiger charge is -2.26. The summed E-state index contributed by atoms with van der Waals surface area (Å²) < 4.78 is 10.7. The average Bonchev–Trinajstić information content (AvgIpc) is 2.82. The second kappa shape index (κ2) is 8.82. The predicted octanol–water partition coefficient (Wildman–Crippen LogP) is 4.32. The Balaban J connectivity index is 1.39. The van der Waals surface area contributed by atoms with E-state index in [4.69, 9.17) is 9.47 Å². The molecule has 1 aliphatic rings. The van der Waals surface area contributed by atoms with Crippen molar-refractivity contribution in [1.82, 2.24) is 4.90 Å². The van der Waals surface area contributed by atoms with Crippen LogP contribution >= 0.6 is 0 Å². The predicted molar refractivity (Wildman–Crippen MR) is 116 cm³/mol. The minimum absolute atomic E-state index is 0.202. The number of amides is 1. The number of hydrogen-bond donors (Lipinski definition) is 0. The Morgan fingerprint density at radius 1 is 0.967 bits per heavy atom. The van der Waals surface area contributed by atoms with Gasteiger partial charge in [0.25, 0.3) is 5.91 Å². The van der Waals surface area contributed by atoms with E-state index in [0.29, 0.717) is 24.4 Å². The molecule has 0 unspecified atom stereocenters. The van der Waals surface area contributed by atoms with Crippen LogP contribution in [0.1, 0.15) is 22.3 Å². The Morgan fingerprint density at radius 2 is 1.67 bits per heavy atom. The van der Waals surface area contributed by atoms with Crippen LogP contribution < -0.4 is 4.74 Å². The molecule has 0 N–H and O–H groups in total. The molecule has 4 rings (SSSR count). The van der Waals surface area contributed by atoms with Crippen molar-refractivity contribution in [3.05, 3.63) is 83.9 Å². The zero-order valence-electron chi connectivity index (χ0n) is 16.8. The SMILES string of the molecule is COc1cc2ccccc2cc1C(=O)OCC(=O)N1CC=C(c2ccccc2)CC1. The van der Waals surface area contributed by atoms with Crippen molar-refractivity contribution in [2.75, 3.05) is 26.8 Å². The van der Waals surface area contributed by atoms with Crippen molar-refractivity contribution in [2.24, 2.45) is 0 Å². The van der Waals surface area contributed by atoms with E-state index < -0.39 is 5.97 Å². The molecule has 5 heteroatoms. The standard InChI is InChI=1S/C25H23NO4/c1-29-23-16-21-10-6-5-9-20(21)15-22(23)25(28)30-17-24(27)26-13-11-19(12-14-26)18-7-3-2-4-8-18/h2-11,15-16H,12-14,17H2,1H3. The van der Waals surface area contributed by atoms with E-state index in [-0.39, 0.29) is 12.5 Å². The van der Waals surface area contributed by atoms with E-state index in [9.17, 15) is 9.59 Å². The minimum atomic E-state index is -0.566. The molecule has 0 aliphatic carbocycles. The highest BCUT2D eigenvalue weighted by Crippen LogP contribution is 2.27. The molecule has 3 aromatic carbocycles. The summed E-state index contributed by atoms with van der Waals surface area (Å²) in [6.07, 6.45) is 2.84. The van der Waals surface area contributed by atoms with Crippen molar-refractivity contribution in [3.8, 4) is 5.75 Å². The quantitative estimate of drug-likeness (QED) is 0.598. The number of nitrogens with zero attached hydrogens (tertiary/aromatic N) is 1. The van der Waals surface area contributed by atoms with Gasteiger partial charge < -0.3 is 14.4 Å². The smallest absolute Gasteiger partial charge is 0.342 e. The summed E-state index contributed by atoms with van der Waals surface area (Å²) in [5.74, 6) is -0.338. The minimum Gasteiger partial charge on any atom is -0.496 e. The van der Waals surface area contributed by atoms with E-state index in [0.717, 1.165) is 17.2 Å². The Labute approximate surface area is 175 Å². The lowest BCUT2D eigenvalue weighted by Crippen LogP contribution is -2.37. The van der Waals surface area contributed by atoms with Gasteiger partial charge in [-0.1, -0.05) is 60.7 Å². The first-order valence-electron chi connectivity index (χ1n) is 9.92. The first-order valence-corrected chi connectivity index (χ1v) is 9.92. The molecule has 0 atom stereocenters. The molecule has 1 aliphatic heterocycles. The normalized spacial score (nSPS) is 13.6. The number of hydrogen-bond acceptors (Lipinski definition) is 4. The van der Waals surface area contributed by atoms with E-state index in [2.05, 4.69) is 18.2 Å². The Kier molecular flexibility index (Phi) is 5.80. The molecule has 0 saturated heterocycles. The number of fused-ring (bicyclic) bond motifs is 1. The molecule has 0 fully saturated rings. The monoisotopic (exact) mass is 401 g/mol. The van der Waals surface area contributed by atoms with Gasteiger partial charge in [-0.2, -0.15) is 0 Å². The number of carbonyl (C=O) groups is 2. The summed E-state index contributed by atoms with van der Waals surface area (Å²) in [5, 5.41) is 1.88. The fourth-order valence-electron chi connectivity index (χ4n) is 3.65. The zero-order valence-corrected chi connectivity index (χ0v) is 16.8. The van der Waals surface area contributed by atoms with Gasteiger partial charge in [0.1, 0.15) is 11.3 Å². The second-order valence-electron chi connectivity index (χ2n) is 7.16. The third-order valence-electron chi connectivity index (χ3n) is 5.32. The topological polar surface area (TPSA) is 55.8 Å². The lowest BCUT2D eigenvalue weighted by atomic mass is 10.00. The van der Waals surface area contributed by atoms with Gasteiger partial charge in [0.05, 0.1) is 7.11 Å². The fraction of sp³-hybridized carbons (Fsp3) is 0.200. The number of benzene rings is 3. The third kappa shape index (κ3) is 4.20. The summed E-state index contributed by atoms with van der Waals surface area (Å²) >= 11 is 0. The molecule has 0 bridgehead atoms. The largest absolute Gasteiger partial charge is 0.496 e. The van der Waals surface area contributed by atoms with Crippen LogP contribution in [0.4, 0.5) is 0 Å². The van der Waals surface area contributed by atoms with Crippen LogP contribution in [0.3, 0.4) is 0 Å². The zero-order chi connectivity index (χ0) is 20.9. The van der Waals surface area contributed by atoms with Crippen molar-refractivity contribution >= 4 is 28.2 Å². The summed E-state index contributed by atoms with van der Waals surface area (Å²) in [6, 6.07) is 21.4. The van der Waals surface area contributed by atoms with Gasteiger partial charge in [0.15, 0.2) is 6.61 Å². The third-order valence-corrected chi connectivity index (χ3v) is 5.32. The van der Waals surface area contributed by atoms with Crippen LogP contribution in [0.2, 0.25) is 0 Å². The molecule has 3 aromatic rings. The highest BCUT2D eigenvalue weighted by Gasteiger charge is 2.21. The molecule has 1 heterocycles. The highest BCUT2D eigenvalue weighted by atomic mass is 16.5. The molecule has 1 amide bonds. The molecule has 5 nitrogen and oxygen atoms in total. The molecular formula is C25H23NO4. The van der Waals surface area contributed by atoms with Crippen molar-refractivity contribution < 1.29 is 19.1 Å². The first-order chi connectivity index (χ1) is 14.7. The Hall–Kier alpha value is -3.60. The fourth-order valence-corrected chi connectivity index (χ4v) is 3.65. The van der Waals surface area contributed by atoms with Crippen LogP contribution in [-0.4, -0.2) is 43.6 Å². The van der Waals surface area contributed by atoms with Crippen molar-refractivity contribution in [3.63, 3.8) is 0 Å². The molecule has 0 radical (unpaired) electrons. The van der Waals surface area contributed by atoms with E-state index in [1.54, 1.807) is 17.0 Å². The molecule has 30 heavy (non-hydrogen) atoms. The van der Waals surface area contributed by atoms with Gasteiger partial charge in [-0.3, -0.25) is 4.79 Å². The number of esters is 1. The Morgan fingerprint density at radius 3 is 2.33 bits per heavy atom. The maximum Gasteiger partial charge on any atom is 0.342 e. The van der Waals surface area contributed by atoms with Gasteiger partial charge in [-0.05, 0) is 40.5 Å². The van der Waals surface area contributed by atoms with E-state index in [1.165, 1.54) is 18.2 Å². The summed E-state index contributed by atoms with van der Waals surface area (Å²) in [7, 11) is 1.51. The highest BCUT2D eigenvalue weighted by molar-refractivity contribution is 5.99. The summed E-state index contributed by atoms with van der Waals surface area (Å²) in [5.41, 5.74) is 2.73. The van der Waals surface area contributed by atoms with Gasteiger partial charge in [-0.25, -0.2) is 4.79 Å². The number of methoxy groups -OCH3 is 1. The van der Waals surface area contributed by atoms with Crippen molar-refractivity contribution in [2.45, 2.75) is 6.42 Å². The van der Waals surface area contributed by atoms with Crippen molar-refractivity contribution in [1.29, 1.82) is 0 Å². The van der Waals surface area contributed by atoms with Gasteiger partial charge >= 0.3 is 5.97 Å². The number of rotatable bonds is 5. The Bertz CT molecular complexity index is 1100. The maximum absolute atomic E-state index is 12.6. The van der Waals surface area contributed by atoms with Crippen LogP contribution in [-0.2, 0) is 9.53 Å². The second-order valence-corrected chi connectivity index (χ2v) is 7.16. The lowest BCUT2D eigenvalue weighted by molar-refractivity contribution is -0.134. The van der Waals surface area contributed by atoms with Gasteiger partial charge in [0.2, 0.25) is 0 Å². The first kappa shape index (κ1) is 19.7. The van der Waals surface area contributed by atoms with E-state index >= 15 is 0 Å². The average molecular weight is 401 g/mol. The number of ether oxygens (including phenoxy) is 2. The van der Waals surface area contributed by atoms with Crippen LogP contribution in [0.5, 0.6) is 5.75 Å². The molecule has 0 saturated carbocycles. The summed E-state index contributed by atoms with van der Waals surface area (Å²) in [4.78, 5) is 26.8. The summed E-state index contributed by atoms with van der Waals surface area (Å²) in [6.45, 7) is 0.833. The molecule has 152 valence electrons. The van der Waals surface area contributed by atoms with Gasteiger partial charge in [0, 0.05) is 13.1 Å². The molecular weight excluding hydrogens is 378 g/mol. The van der Waals surface area contributed by atoms with Crippen LogP contribution in [0, 0.1) is 0 Å². The maximum atomic E-state index is 12.6. The van der Waals surface area contributed by atoms with Gasteiger partial charge in [-0.15, -0.1) is 0 Å². The van der Waals surface area contributed by atoms with E-state index in [1.807, 2.05) is 42.5 Å². The molecule has 0 spiro atoms.